The smallest absolute Gasteiger partial charge is 0.251 e. The highest BCUT2D eigenvalue weighted by Gasteiger charge is 2.25. The van der Waals surface area contributed by atoms with Crippen molar-refractivity contribution < 1.29 is 9.90 Å². The number of benzene rings is 1. The molecule has 1 aromatic heterocycles. The molecule has 0 radical (unpaired) electrons. The molecule has 2 atom stereocenters. The molecule has 2 aromatic rings. The molecule has 2 N–H and O–H groups in total. The zero-order chi connectivity index (χ0) is 13.2. The summed E-state index contributed by atoms with van der Waals surface area (Å²) in [5.74, 6) is 0.130. The molecule has 3 rings (SSSR count). The number of nitrogens with zero attached hydrogens (tertiary/aromatic N) is 1. The van der Waals surface area contributed by atoms with Gasteiger partial charge in [-0.15, -0.1) is 11.3 Å². The monoisotopic (exact) mass is 276 g/mol. The summed E-state index contributed by atoms with van der Waals surface area (Å²) in [5, 5.41) is 12.6. The number of carbonyl (C=O) groups is 1. The maximum absolute atomic E-state index is 12.1. The van der Waals surface area contributed by atoms with Crippen LogP contribution >= 0.6 is 11.3 Å². The second kappa shape index (κ2) is 5.27. The lowest BCUT2D eigenvalue weighted by Crippen LogP contribution is -2.32. The number of amides is 1. The molecule has 5 heteroatoms. The molecule has 100 valence electrons. The Morgan fingerprint density at radius 2 is 2.37 bits per heavy atom. The fourth-order valence-corrected chi connectivity index (χ4v) is 3.29. The molecule has 1 saturated carbocycles. The fourth-order valence-electron chi connectivity index (χ4n) is 2.58. The van der Waals surface area contributed by atoms with Gasteiger partial charge in [-0.3, -0.25) is 4.79 Å². The molecule has 1 fully saturated rings. The van der Waals surface area contributed by atoms with Crippen molar-refractivity contribution in [3.8, 4) is 0 Å². The van der Waals surface area contributed by atoms with E-state index in [-0.39, 0.29) is 17.9 Å². The molecule has 1 aromatic carbocycles. The summed E-state index contributed by atoms with van der Waals surface area (Å²) in [6.45, 7) is 0.556. The van der Waals surface area contributed by atoms with Crippen LogP contribution in [0.25, 0.3) is 10.2 Å². The summed E-state index contributed by atoms with van der Waals surface area (Å²) in [7, 11) is 0. The van der Waals surface area contributed by atoms with Crippen molar-refractivity contribution in [2.75, 3.05) is 6.54 Å². The van der Waals surface area contributed by atoms with Gasteiger partial charge < -0.3 is 10.4 Å². The van der Waals surface area contributed by atoms with Crippen LogP contribution in [-0.4, -0.2) is 28.6 Å². The van der Waals surface area contributed by atoms with Crippen LogP contribution in [0, 0.1) is 5.92 Å². The Morgan fingerprint density at radius 3 is 3.16 bits per heavy atom. The largest absolute Gasteiger partial charge is 0.393 e. The second-order valence-corrected chi connectivity index (χ2v) is 5.89. The fraction of sp³-hybridized carbons (Fsp3) is 0.429. The molecule has 1 aliphatic rings. The minimum atomic E-state index is -0.260. The highest BCUT2D eigenvalue weighted by Crippen LogP contribution is 2.25. The Hall–Kier alpha value is -1.46. The quantitative estimate of drug-likeness (QED) is 0.903. The number of fused-ring (bicyclic) bond motifs is 1. The molecule has 2 unspecified atom stereocenters. The van der Waals surface area contributed by atoms with Gasteiger partial charge in [0.1, 0.15) is 0 Å². The minimum Gasteiger partial charge on any atom is -0.393 e. The Kier molecular flexibility index (Phi) is 3.48. The molecule has 0 spiro atoms. The van der Waals surface area contributed by atoms with E-state index in [1.54, 1.807) is 11.6 Å². The highest BCUT2D eigenvalue weighted by molar-refractivity contribution is 7.16. The lowest BCUT2D eigenvalue weighted by Gasteiger charge is -2.15. The third kappa shape index (κ3) is 2.62. The molecule has 1 heterocycles. The van der Waals surface area contributed by atoms with E-state index in [4.69, 9.17) is 0 Å². The van der Waals surface area contributed by atoms with Gasteiger partial charge in [-0.05, 0) is 31.0 Å². The number of rotatable bonds is 3. The van der Waals surface area contributed by atoms with Gasteiger partial charge in [0.05, 0.1) is 21.8 Å². The average Bonchev–Trinajstić information content (AvgIpc) is 3.03. The first-order chi connectivity index (χ1) is 9.24. The van der Waals surface area contributed by atoms with Gasteiger partial charge >= 0.3 is 0 Å². The van der Waals surface area contributed by atoms with Crippen molar-refractivity contribution >= 4 is 27.5 Å². The number of hydrogen-bond donors (Lipinski definition) is 2. The molecule has 0 saturated heterocycles. The zero-order valence-corrected chi connectivity index (χ0v) is 11.3. The molecule has 4 nitrogen and oxygen atoms in total. The Balaban J connectivity index is 1.66. The van der Waals surface area contributed by atoms with E-state index in [1.807, 2.05) is 12.1 Å². The molecular weight excluding hydrogens is 260 g/mol. The van der Waals surface area contributed by atoms with Gasteiger partial charge in [0.2, 0.25) is 0 Å². The van der Waals surface area contributed by atoms with E-state index in [0.717, 1.165) is 29.5 Å². The summed E-state index contributed by atoms with van der Waals surface area (Å²) in [4.78, 5) is 16.3. The molecule has 0 bridgehead atoms. The van der Waals surface area contributed by atoms with Gasteiger partial charge in [0.15, 0.2) is 0 Å². The standard InChI is InChI=1S/C14H16N2O2S/c17-12-3-1-2-10(12)7-15-14(18)9-4-5-11-13(6-9)19-8-16-11/h4-6,8,10,12,17H,1-3,7H2,(H,15,18). The summed E-state index contributed by atoms with van der Waals surface area (Å²) in [5.41, 5.74) is 3.36. The van der Waals surface area contributed by atoms with Gasteiger partial charge in [0.25, 0.3) is 5.91 Å². The van der Waals surface area contributed by atoms with Crippen molar-refractivity contribution in [2.45, 2.75) is 25.4 Å². The number of aliphatic hydroxyl groups excluding tert-OH is 1. The Morgan fingerprint density at radius 1 is 1.47 bits per heavy atom. The van der Waals surface area contributed by atoms with E-state index < -0.39 is 0 Å². The highest BCUT2D eigenvalue weighted by atomic mass is 32.1. The van der Waals surface area contributed by atoms with Crippen molar-refractivity contribution in [3.05, 3.63) is 29.3 Å². The van der Waals surface area contributed by atoms with Crippen molar-refractivity contribution in [1.29, 1.82) is 0 Å². The maximum atomic E-state index is 12.1. The van der Waals surface area contributed by atoms with Gasteiger partial charge in [-0.25, -0.2) is 4.98 Å². The first kappa shape index (κ1) is 12.6. The molecule has 1 aliphatic carbocycles. The molecular formula is C14H16N2O2S. The van der Waals surface area contributed by atoms with Crippen LogP contribution in [0.1, 0.15) is 29.6 Å². The Bertz CT molecular complexity index is 596. The molecule has 1 amide bonds. The first-order valence-corrected chi connectivity index (χ1v) is 7.41. The summed E-state index contributed by atoms with van der Waals surface area (Å²) >= 11 is 1.53. The summed E-state index contributed by atoms with van der Waals surface area (Å²) in [6.07, 6.45) is 2.64. The van der Waals surface area contributed by atoms with Crippen molar-refractivity contribution in [1.82, 2.24) is 10.3 Å². The number of hydrogen-bond acceptors (Lipinski definition) is 4. The number of thiazole rings is 1. The predicted molar refractivity (Wildman–Crippen MR) is 75.3 cm³/mol. The van der Waals surface area contributed by atoms with Crippen LogP contribution in [-0.2, 0) is 0 Å². The third-order valence-corrected chi connectivity index (χ3v) is 4.53. The van der Waals surface area contributed by atoms with Crippen molar-refractivity contribution in [2.24, 2.45) is 5.92 Å². The Labute approximate surface area is 115 Å². The van der Waals surface area contributed by atoms with Crippen LogP contribution in [0.15, 0.2) is 23.7 Å². The first-order valence-electron chi connectivity index (χ1n) is 6.53. The van der Waals surface area contributed by atoms with Gasteiger partial charge in [-0.1, -0.05) is 6.42 Å². The van der Waals surface area contributed by atoms with Crippen LogP contribution in [0.4, 0.5) is 0 Å². The van der Waals surface area contributed by atoms with Crippen LogP contribution < -0.4 is 5.32 Å². The van der Waals surface area contributed by atoms with E-state index in [0.29, 0.717) is 12.1 Å². The lowest BCUT2D eigenvalue weighted by atomic mass is 10.1. The van der Waals surface area contributed by atoms with Gasteiger partial charge in [-0.2, -0.15) is 0 Å². The van der Waals surface area contributed by atoms with E-state index >= 15 is 0 Å². The van der Waals surface area contributed by atoms with Crippen LogP contribution in [0.5, 0.6) is 0 Å². The third-order valence-electron chi connectivity index (χ3n) is 3.74. The predicted octanol–water partition coefficient (Wildman–Crippen LogP) is 2.19. The minimum absolute atomic E-state index is 0.0746. The number of aliphatic hydroxyl groups is 1. The normalized spacial score (nSPS) is 22.8. The van der Waals surface area contributed by atoms with Crippen LogP contribution in [0.2, 0.25) is 0 Å². The van der Waals surface area contributed by atoms with Crippen LogP contribution in [0.3, 0.4) is 0 Å². The number of carbonyl (C=O) groups excluding carboxylic acids is 1. The SMILES string of the molecule is O=C(NCC1CCCC1O)c1ccc2ncsc2c1. The molecule has 19 heavy (non-hydrogen) atoms. The van der Waals surface area contributed by atoms with E-state index in [1.165, 1.54) is 11.3 Å². The molecule has 0 aliphatic heterocycles. The average molecular weight is 276 g/mol. The zero-order valence-electron chi connectivity index (χ0n) is 10.5. The topological polar surface area (TPSA) is 62.2 Å². The summed E-state index contributed by atoms with van der Waals surface area (Å²) < 4.78 is 1.02. The van der Waals surface area contributed by atoms with E-state index in [9.17, 15) is 9.90 Å². The lowest BCUT2D eigenvalue weighted by molar-refractivity contribution is 0.0917. The summed E-state index contributed by atoms with van der Waals surface area (Å²) in [6, 6.07) is 5.53. The van der Waals surface area contributed by atoms with E-state index in [2.05, 4.69) is 10.3 Å². The van der Waals surface area contributed by atoms with Crippen molar-refractivity contribution in [3.63, 3.8) is 0 Å². The number of aromatic nitrogens is 1. The second-order valence-electron chi connectivity index (χ2n) is 5.00. The number of nitrogens with one attached hydrogen (secondary N) is 1. The maximum Gasteiger partial charge on any atom is 0.251 e. The van der Waals surface area contributed by atoms with Gasteiger partial charge in [0, 0.05) is 18.0 Å².